The minimum atomic E-state index is -0.00134. The van der Waals surface area contributed by atoms with Crippen molar-refractivity contribution in [2.24, 2.45) is 0 Å². The number of hydrogen-bond acceptors (Lipinski definition) is 4. The smallest absolute Gasteiger partial charge is 0.172 e. The Kier molecular flexibility index (Phi) is 4.13. The minimum Gasteiger partial charge on any atom is -0.299 e. The molecule has 2 heterocycles. The first-order valence-electron chi connectivity index (χ1n) is 6.95. The van der Waals surface area contributed by atoms with E-state index < -0.39 is 0 Å². The molecule has 0 amide bonds. The molecule has 0 bridgehead atoms. The van der Waals surface area contributed by atoms with Crippen LogP contribution in [0.25, 0.3) is 0 Å². The molecule has 3 rings (SSSR count). The fraction of sp³-hybridized carbons (Fsp3) is 0.250. The number of aryl methyl sites for hydroxylation is 2. The quantitative estimate of drug-likeness (QED) is 0.759. The lowest BCUT2D eigenvalue weighted by atomic mass is 10.1. The maximum Gasteiger partial charge on any atom is 0.172 e. The molecule has 1 unspecified atom stereocenters. The first-order chi connectivity index (χ1) is 10.2. The van der Waals surface area contributed by atoms with Gasteiger partial charge < -0.3 is 0 Å². The summed E-state index contributed by atoms with van der Waals surface area (Å²) in [5.41, 5.74) is 1.17. The van der Waals surface area contributed by atoms with Crippen LogP contribution in [0.2, 0.25) is 0 Å². The van der Waals surface area contributed by atoms with E-state index in [0.29, 0.717) is 0 Å². The third-order valence-electron chi connectivity index (χ3n) is 3.28. The Bertz CT molecular complexity index is 702. The summed E-state index contributed by atoms with van der Waals surface area (Å²) < 4.78 is 0. The number of rotatable bonds is 5. The average Bonchev–Trinajstić information content (AvgIpc) is 3.09. The van der Waals surface area contributed by atoms with Gasteiger partial charge in [-0.05, 0) is 31.5 Å². The molecular formula is C16H18N4S. The Balaban J connectivity index is 1.82. The maximum absolute atomic E-state index is 4.48. The molecule has 5 heteroatoms. The van der Waals surface area contributed by atoms with Crippen LogP contribution >= 0.6 is 11.3 Å². The molecule has 3 aromatic rings. The van der Waals surface area contributed by atoms with Gasteiger partial charge in [-0.2, -0.15) is 5.10 Å². The lowest BCUT2D eigenvalue weighted by molar-refractivity contribution is 0.581. The Hall–Kier alpha value is -1.98. The molecule has 0 saturated carbocycles. The highest BCUT2D eigenvalue weighted by Crippen LogP contribution is 2.21. The molecule has 1 aromatic carbocycles. The Morgan fingerprint density at radius 3 is 2.57 bits per heavy atom. The van der Waals surface area contributed by atoms with Crippen molar-refractivity contribution in [2.45, 2.75) is 26.4 Å². The third-order valence-corrected chi connectivity index (χ3v) is 4.28. The van der Waals surface area contributed by atoms with Crippen LogP contribution in [0.3, 0.4) is 0 Å². The standard InChI is InChI=1S/C16H18N4S/c1-11-8-9-14(21-11)10-17-15(13-6-4-3-5-7-13)16-18-12(2)19-20-16/h3-9,15,17H,10H2,1-2H3,(H,18,19,20). The van der Waals surface area contributed by atoms with Gasteiger partial charge in [0.25, 0.3) is 0 Å². The van der Waals surface area contributed by atoms with Crippen LogP contribution in [0, 0.1) is 13.8 Å². The summed E-state index contributed by atoms with van der Waals surface area (Å²) in [7, 11) is 0. The van der Waals surface area contributed by atoms with E-state index in [9.17, 15) is 0 Å². The minimum absolute atomic E-state index is 0.00134. The van der Waals surface area contributed by atoms with E-state index >= 15 is 0 Å². The number of aromatic amines is 1. The highest BCUT2D eigenvalue weighted by Gasteiger charge is 2.18. The number of hydrogen-bond donors (Lipinski definition) is 2. The predicted octanol–water partition coefficient (Wildman–Crippen LogP) is 3.36. The predicted molar refractivity (Wildman–Crippen MR) is 85.3 cm³/mol. The molecular weight excluding hydrogens is 280 g/mol. The zero-order valence-electron chi connectivity index (χ0n) is 12.1. The molecule has 108 valence electrons. The van der Waals surface area contributed by atoms with Gasteiger partial charge in [0.15, 0.2) is 5.82 Å². The Labute approximate surface area is 128 Å². The van der Waals surface area contributed by atoms with Gasteiger partial charge in [0.05, 0.1) is 6.04 Å². The summed E-state index contributed by atoms with van der Waals surface area (Å²) in [6.45, 7) is 4.86. The van der Waals surface area contributed by atoms with E-state index in [2.05, 4.69) is 51.7 Å². The van der Waals surface area contributed by atoms with E-state index in [4.69, 9.17) is 0 Å². The summed E-state index contributed by atoms with van der Waals surface area (Å²) in [5.74, 6) is 1.62. The molecule has 1 atom stereocenters. The van der Waals surface area contributed by atoms with E-state index in [-0.39, 0.29) is 6.04 Å². The molecule has 0 aliphatic carbocycles. The number of aromatic nitrogens is 3. The third kappa shape index (κ3) is 3.37. The largest absolute Gasteiger partial charge is 0.299 e. The van der Waals surface area contributed by atoms with Crippen LogP contribution in [0.15, 0.2) is 42.5 Å². The van der Waals surface area contributed by atoms with E-state index in [0.717, 1.165) is 18.2 Å². The molecule has 0 radical (unpaired) electrons. The van der Waals surface area contributed by atoms with Crippen molar-refractivity contribution in [3.63, 3.8) is 0 Å². The summed E-state index contributed by atoms with van der Waals surface area (Å²) in [6.07, 6.45) is 0. The fourth-order valence-corrected chi connectivity index (χ4v) is 3.12. The van der Waals surface area contributed by atoms with Gasteiger partial charge in [0.1, 0.15) is 5.82 Å². The molecule has 0 fully saturated rings. The molecule has 2 N–H and O–H groups in total. The molecule has 0 saturated heterocycles. The topological polar surface area (TPSA) is 53.6 Å². The second-order valence-electron chi connectivity index (χ2n) is 5.02. The van der Waals surface area contributed by atoms with Gasteiger partial charge in [-0.1, -0.05) is 30.3 Å². The maximum atomic E-state index is 4.48. The number of nitrogens with one attached hydrogen (secondary N) is 2. The van der Waals surface area contributed by atoms with Crippen molar-refractivity contribution < 1.29 is 0 Å². The highest BCUT2D eigenvalue weighted by molar-refractivity contribution is 7.11. The van der Waals surface area contributed by atoms with Crippen molar-refractivity contribution in [1.82, 2.24) is 20.5 Å². The van der Waals surface area contributed by atoms with Crippen LogP contribution in [0.1, 0.15) is 33.0 Å². The lowest BCUT2D eigenvalue weighted by Crippen LogP contribution is -2.22. The van der Waals surface area contributed by atoms with Crippen molar-refractivity contribution in [1.29, 1.82) is 0 Å². The summed E-state index contributed by atoms with van der Waals surface area (Å²) in [5, 5.41) is 10.8. The lowest BCUT2D eigenvalue weighted by Gasteiger charge is -2.15. The van der Waals surface area contributed by atoms with Gasteiger partial charge in [0, 0.05) is 16.3 Å². The zero-order chi connectivity index (χ0) is 14.7. The first-order valence-corrected chi connectivity index (χ1v) is 7.76. The Morgan fingerprint density at radius 2 is 1.95 bits per heavy atom. The highest BCUT2D eigenvalue weighted by atomic mass is 32.1. The van der Waals surface area contributed by atoms with E-state index in [1.807, 2.05) is 36.5 Å². The summed E-state index contributed by atoms with van der Waals surface area (Å²) in [4.78, 5) is 7.13. The number of thiophene rings is 1. The summed E-state index contributed by atoms with van der Waals surface area (Å²) in [6, 6.07) is 14.6. The second kappa shape index (κ2) is 6.20. The average molecular weight is 298 g/mol. The van der Waals surface area contributed by atoms with Crippen LogP contribution in [0.5, 0.6) is 0 Å². The Morgan fingerprint density at radius 1 is 1.14 bits per heavy atom. The van der Waals surface area contributed by atoms with Crippen molar-refractivity contribution in [3.05, 3.63) is 69.4 Å². The molecule has 4 nitrogen and oxygen atoms in total. The monoisotopic (exact) mass is 298 g/mol. The van der Waals surface area contributed by atoms with Gasteiger partial charge in [0.2, 0.25) is 0 Å². The second-order valence-corrected chi connectivity index (χ2v) is 6.39. The van der Waals surface area contributed by atoms with E-state index in [1.54, 1.807) is 0 Å². The molecule has 0 aliphatic rings. The summed E-state index contributed by atoms with van der Waals surface area (Å²) >= 11 is 1.81. The molecule has 21 heavy (non-hydrogen) atoms. The molecule has 2 aromatic heterocycles. The van der Waals surface area contributed by atoms with Crippen LogP contribution in [0.4, 0.5) is 0 Å². The van der Waals surface area contributed by atoms with Gasteiger partial charge >= 0.3 is 0 Å². The number of H-pyrrole nitrogens is 1. The number of nitrogens with zero attached hydrogens (tertiary/aromatic N) is 2. The van der Waals surface area contributed by atoms with Crippen LogP contribution in [-0.4, -0.2) is 15.2 Å². The van der Waals surface area contributed by atoms with E-state index in [1.165, 1.54) is 15.3 Å². The van der Waals surface area contributed by atoms with Crippen molar-refractivity contribution >= 4 is 11.3 Å². The van der Waals surface area contributed by atoms with Gasteiger partial charge in [-0.15, -0.1) is 11.3 Å². The SMILES string of the molecule is Cc1nc(C(NCc2ccc(C)s2)c2ccccc2)n[nH]1. The van der Waals surface area contributed by atoms with Gasteiger partial charge in [-0.25, -0.2) is 4.98 Å². The van der Waals surface area contributed by atoms with Crippen LogP contribution in [-0.2, 0) is 6.54 Å². The normalized spacial score (nSPS) is 12.5. The molecule has 0 aliphatic heterocycles. The van der Waals surface area contributed by atoms with Crippen molar-refractivity contribution in [2.75, 3.05) is 0 Å². The fourth-order valence-electron chi connectivity index (χ4n) is 2.28. The molecule has 0 spiro atoms. The van der Waals surface area contributed by atoms with Gasteiger partial charge in [-0.3, -0.25) is 10.4 Å². The zero-order valence-corrected chi connectivity index (χ0v) is 12.9. The first kappa shape index (κ1) is 14.0. The van der Waals surface area contributed by atoms with Crippen LogP contribution < -0.4 is 5.32 Å². The number of benzene rings is 1. The van der Waals surface area contributed by atoms with Crippen molar-refractivity contribution in [3.8, 4) is 0 Å².